The minimum absolute atomic E-state index is 0.727. The Morgan fingerprint density at radius 1 is 1.39 bits per heavy atom. The number of allylic oxidation sites excluding steroid dienone is 2. The first kappa shape index (κ1) is 15.9. The summed E-state index contributed by atoms with van der Waals surface area (Å²) in [5.41, 5.74) is 5.56. The van der Waals surface area contributed by atoms with Gasteiger partial charge in [-0.05, 0) is 36.3 Å². The lowest BCUT2D eigenvalue weighted by Crippen LogP contribution is -2.14. The summed E-state index contributed by atoms with van der Waals surface area (Å²) in [5.74, 6) is 0. The largest absolute Gasteiger partial charge is 0.383 e. The summed E-state index contributed by atoms with van der Waals surface area (Å²) in [6, 6.07) is 6.36. The maximum Gasteiger partial charge on any atom is 0.0577 e. The van der Waals surface area contributed by atoms with Crippen molar-refractivity contribution in [3.05, 3.63) is 58.9 Å². The van der Waals surface area contributed by atoms with Crippen molar-refractivity contribution in [2.75, 3.05) is 6.54 Å². The van der Waals surface area contributed by atoms with E-state index in [1.807, 2.05) is 0 Å². The molecule has 0 fully saturated rings. The predicted molar refractivity (Wildman–Crippen MR) is 99.3 cm³/mol. The molecular weight excluding hydrogens is 306 g/mol. The summed E-state index contributed by atoms with van der Waals surface area (Å²) >= 11 is 6.35. The van der Waals surface area contributed by atoms with E-state index in [4.69, 9.17) is 11.6 Å². The summed E-state index contributed by atoms with van der Waals surface area (Å²) < 4.78 is 0. The Morgan fingerprint density at radius 3 is 3.00 bits per heavy atom. The van der Waals surface area contributed by atoms with E-state index in [0.717, 1.165) is 65.4 Å². The van der Waals surface area contributed by atoms with E-state index in [9.17, 15) is 0 Å². The molecule has 3 nitrogen and oxygen atoms in total. The molecular formula is C19H22ClN3. The Kier molecular flexibility index (Phi) is 4.87. The van der Waals surface area contributed by atoms with Gasteiger partial charge in [0.2, 0.25) is 0 Å². The van der Waals surface area contributed by atoms with Crippen LogP contribution in [0, 0.1) is 0 Å². The number of nitrogens with one attached hydrogen (secondary N) is 2. The van der Waals surface area contributed by atoms with Crippen molar-refractivity contribution in [3.63, 3.8) is 0 Å². The highest BCUT2D eigenvalue weighted by atomic mass is 35.5. The zero-order chi connectivity index (χ0) is 16.2. The highest BCUT2D eigenvalue weighted by Gasteiger charge is 2.07. The smallest absolute Gasteiger partial charge is 0.0577 e. The average Bonchev–Trinajstić information content (AvgIpc) is 3.15. The molecule has 120 valence electrons. The van der Waals surface area contributed by atoms with Crippen molar-refractivity contribution in [2.24, 2.45) is 4.99 Å². The summed E-state index contributed by atoms with van der Waals surface area (Å²) in [6.07, 6.45) is 7.01. The fourth-order valence-corrected chi connectivity index (χ4v) is 3.11. The number of rotatable bonds is 7. The minimum atomic E-state index is 0.727. The summed E-state index contributed by atoms with van der Waals surface area (Å²) in [4.78, 5) is 7.85. The molecule has 2 heterocycles. The maximum absolute atomic E-state index is 6.35. The Bertz CT molecular complexity index is 783. The minimum Gasteiger partial charge on any atom is -0.383 e. The number of aliphatic imine (C=N–C) groups is 1. The van der Waals surface area contributed by atoms with Gasteiger partial charge in [-0.25, -0.2) is 0 Å². The third-order valence-corrected chi connectivity index (χ3v) is 4.35. The highest BCUT2D eigenvalue weighted by molar-refractivity contribution is 6.32. The van der Waals surface area contributed by atoms with Crippen LogP contribution in [0.2, 0.25) is 5.02 Å². The van der Waals surface area contributed by atoms with E-state index in [1.165, 1.54) is 5.56 Å². The Balaban J connectivity index is 1.66. The van der Waals surface area contributed by atoms with Gasteiger partial charge < -0.3 is 10.3 Å². The van der Waals surface area contributed by atoms with Gasteiger partial charge in [0.1, 0.15) is 0 Å². The van der Waals surface area contributed by atoms with Crippen LogP contribution in [-0.4, -0.2) is 17.2 Å². The van der Waals surface area contributed by atoms with Gasteiger partial charge in [-0.15, -0.1) is 0 Å². The summed E-state index contributed by atoms with van der Waals surface area (Å²) in [6.45, 7) is 7.77. The van der Waals surface area contributed by atoms with Gasteiger partial charge in [0.15, 0.2) is 0 Å². The van der Waals surface area contributed by atoms with Crippen LogP contribution in [0.3, 0.4) is 0 Å². The Morgan fingerprint density at radius 2 is 2.26 bits per heavy atom. The maximum atomic E-state index is 6.35. The molecule has 0 bridgehead atoms. The first-order chi connectivity index (χ1) is 11.2. The van der Waals surface area contributed by atoms with Crippen LogP contribution in [0.15, 0.2) is 47.6 Å². The third kappa shape index (κ3) is 3.85. The molecule has 0 spiro atoms. The Hall–Kier alpha value is -2.00. The number of aromatic amines is 1. The first-order valence-corrected chi connectivity index (χ1v) is 8.45. The van der Waals surface area contributed by atoms with Crippen LogP contribution in [0.1, 0.15) is 31.0 Å². The molecule has 0 unspecified atom stereocenters. The molecule has 2 N–H and O–H groups in total. The summed E-state index contributed by atoms with van der Waals surface area (Å²) in [7, 11) is 0. The zero-order valence-electron chi connectivity index (χ0n) is 13.5. The number of nitrogens with zero attached hydrogens (tertiary/aromatic N) is 1. The van der Waals surface area contributed by atoms with Crippen molar-refractivity contribution in [1.82, 2.24) is 10.3 Å². The Labute approximate surface area is 142 Å². The van der Waals surface area contributed by atoms with Gasteiger partial charge in [-0.1, -0.05) is 37.6 Å². The van der Waals surface area contributed by atoms with E-state index >= 15 is 0 Å². The van der Waals surface area contributed by atoms with Gasteiger partial charge in [-0.3, -0.25) is 4.99 Å². The number of aryl methyl sites for hydroxylation is 1. The molecule has 0 aliphatic carbocycles. The topological polar surface area (TPSA) is 40.2 Å². The van der Waals surface area contributed by atoms with Crippen LogP contribution in [0.4, 0.5) is 0 Å². The predicted octanol–water partition coefficient (Wildman–Crippen LogP) is 4.78. The number of aromatic nitrogens is 1. The van der Waals surface area contributed by atoms with Crippen molar-refractivity contribution < 1.29 is 0 Å². The number of fused-ring (bicyclic) bond motifs is 1. The summed E-state index contributed by atoms with van der Waals surface area (Å²) in [5, 5.41) is 5.38. The molecule has 0 radical (unpaired) electrons. The average molecular weight is 328 g/mol. The number of hydrogen-bond acceptors (Lipinski definition) is 2. The second-order valence-electron chi connectivity index (χ2n) is 5.94. The second-order valence-corrected chi connectivity index (χ2v) is 6.35. The lowest BCUT2D eigenvalue weighted by molar-refractivity contribution is 0.785. The molecule has 0 saturated heterocycles. The fraction of sp³-hybridized carbons (Fsp3) is 0.316. The lowest BCUT2D eigenvalue weighted by Gasteiger charge is -2.07. The van der Waals surface area contributed by atoms with Crippen LogP contribution in [0.25, 0.3) is 10.9 Å². The SMILES string of the molecule is C=C(CC1=NCC=C1)NCc1cc2cc(Cl)c(CCC)cc2[nH]1. The number of H-pyrrole nitrogens is 1. The molecule has 4 heteroatoms. The van der Waals surface area contributed by atoms with E-state index in [0.29, 0.717) is 0 Å². The lowest BCUT2D eigenvalue weighted by atomic mass is 10.1. The van der Waals surface area contributed by atoms with Gasteiger partial charge in [-0.2, -0.15) is 0 Å². The normalized spacial score (nSPS) is 13.6. The number of hydrogen-bond donors (Lipinski definition) is 2. The van der Waals surface area contributed by atoms with Crippen LogP contribution in [-0.2, 0) is 13.0 Å². The van der Waals surface area contributed by atoms with Crippen molar-refractivity contribution in [2.45, 2.75) is 32.7 Å². The van der Waals surface area contributed by atoms with E-state index in [1.54, 1.807) is 0 Å². The molecule has 0 saturated carbocycles. The van der Waals surface area contributed by atoms with Gasteiger partial charge >= 0.3 is 0 Å². The molecule has 1 aromatic carbocycles. The standard InChI is InChI=1S/C19H22ClN3/c1-3-5-14-11-19-15(10-18(14)20)9-17(23-19)12-22-13(2)8-16-6-4-7-21-16/h4,6,9-11,22-23H,2-3,5,7-8,12H2,1H3. The molecule has 23 heavy (non-hydrogen) atoms. The quantitative estimate of drug-likeness (QED) is 0.755. The van der Waals surface area contributed by atoms with Crippen LogP contribution >= 0.6 is 11.6 Å². The molecule has 1 aliphatic heterocycles. The van der Waals surface area contributed by atoms with Crippen molar-refractivity contribution in [3.8, 4) is 0 Å². The van der Waals surface area contributed by atoms with Crippen molar-refractivity contribution >= 4 is 28.2 Å². The highest BCUT2D eigenvalue weighted by Crippen LogP contribution is 2.25. The van der Waals surface area contributed by atoms with E-state index in [-0.39, 0.29) is 0 Å². The molecule has 1 aromatic heterocycles. The van der Waals surface area contributed by atoms with Crippen LogP contribution in [0.5, 0.6) is 0 Å². The third-order valence-electron chi connectivity index (χ3n) is 4.00. The monoisotopic (exact) mass is 327 g/mol. The number of benzene rings is 1. The van der Waals surface area contributed by atoms with Gasteiger partial charge in [0.05, 0.1) is 13.1 Å². The van der Waals surface area contributed by atoms with Gasteiger partial charge in [0, 0.05) is 39.4 Å². The van der Waals surface area contributed by atoms with Crippen LogP contribution < -0.4 is 5.32 Å². The fourth-order valence-electron chi connectivity index (χ4n) is 2.84. The van der Waals surface area contributed by atoms with E-state index < -0.39 is 0 Å². The molecule has 0 atom stereocenters. The van der Waals surface area contributed by atoms with Crippen molar-refractivity contribution in [1.29, 1.82) is 0 Å². The molecule has 0 amide bonds. The molecule has 1 aliphatic rings. The molecule has 2 aromatic rings. The second kappa shape index (κ2) is 7.05. The van der Waals surface area contributed by atoms with E-state index in [2.05, 4.69) is 59.1 Å². The zero-order valence-corrected chi connectivity index (χ0v) is 14.2. The molecule has 3 rings (SSSR count). The van der Waals surface area contributed by atoms with Gasteiger partial charge in [0.25, 0.3) is 0 Å². The first-order valence-electron chi connectivity index (χ1n) is 8.07. The number of halogens is 1.